The molecule has 3 N–H and O–H groups in total. The number of rotatable bonds is 5. The van der Waals surface area contributed by atoms with E-state index in [1.54, 1.807) is 55.4 Å². The summed E-state index contributed by atoms with van der Waals surface area (Å²) in [4.78, 5) is 47.6. The van der Waals surface area contributed by atoms with Crippen LogP contribution in [0.2, 0.25) is 0 Å². The number of amides is 3. The van der Waals surface area contributed by atoms with E-state index < -0.39 is 6.09 Å². The largest absolute Gasteiger partial charge is 0.453 e. The fourth-order valence-corrected chi connectivity index (χ4v) is 5.36. The third-order valence-corrected chi connectivity index (χ3v) is 7.92. The normalized spacial score (nSPS) is 10.8. The van der Waals surface area contributed by atoms with Gasteiger partial charge < -0.3 is 20.3 Å². The topological polar surface area (TPSA) is 165 Å². The number of methoxy groups -OCH3 is 1. The molecule has 0 fully saturated rings. The van der Waals surface area contributed by atoms with Crippen LogP contribution in [0.1, 0.15) is 43.5 Å². The van der Waals surface area contributed by atoms with Crippen molar-refractivity contribution >= 4 is 40.6 Å². The van der Waals surface area contributed by atoms with Gasteiger partial charge in [0.1, 0.15) is 11.4 Å². The Balaban J connectivity index is 0.000000197. The highest BCUT2D eigenvalue weighted by Crippen LogP contribution is 2.27. The number of ether oxygens (including phenoxy) is 1. The minimum Gasteiger partial charge on any atom is -0.453 e. The summed E-state index contributed by atoms with van der Waals surface area (Å²) in [6, 6.07) is 18.4. The van der Waals surface area contributed by atoms with Crippen molar-refractivity contribution < 1.29 is 19.1 Å². The van der Waals surface area contributed by atoms with Crippen LogP contribution in [0.4, 0.5) is 16.2 Å². The number of nitrogens with one attached hydrogen (secondary N) is 1. The molecule has 0 atom stereocenters. The van der Waals surface area contributed by atoms with Gasteiger partial charge in [-0.15, -0.1) is 0 Å². The molecule has 0 radical (unpaired) electrons. The molecule has 4 aromatic heterocycles. The molecule has 50 heavy (non-hydrogen) atoms. The molecule has 0 saturated carbocycles. The van der Waals surface area contributed by atoms with Crippen molar-refractivity contribution in [2.45, 2.75) is 27.7 Å². The van der Waals surface area contributed by atoms with Gasteiger partial charge in [0.15, 0.2) is 11.3 Å². The van der Waals surface area contributed by atoms with Gasteiger partial charge in [0.25, 0.3) is 11.8 Å². The van der Waals surface area contributed by atoms with E-state index in [-0.39, 0.29) is 11.8 Å². The Morgan fingerprint density at radius 2 is 1.14 bits per heavy atom. The molecular weight excluding hydrogens is 636 g/mol. The Bertz CT molecular complexity index is 2270. The van der Waals surface area contributed by atoms with Crippen molar-refractivity contribution in [2.75, 3.05) is 46.4 Å². The number of anilines is 2. The van der Waals surface area contributed by atoms with Crippen LogP contribution in [0.3, 0.4) is 0 Å². The van der Waals surface area contributed by atoms with Gasteiger partial charge in [-0.3, -0.25) is 14.9 Å². The van der Waals surface area contributed by atoms with Crippen LogP contribution in [0, 0.1) is 27.7 Å². The first-order valence-corrected chi connectivity index (χ1v) is 15.7. The summed E-state index contributed by atoms with van der Waals surface area (Å²) in [6.45, 7) is 7.72. The Morgan fingerprint density at radius 3 is 1.56 bits per heavy atom. The number of carbonyl (C=O) groups excluding carboxylic acids is 3. The Hall–Kier alpha value is -6.31. The number of nitrogens with two attached hydrogens (primary N) is 1. The molecule has 4 heterocycles. The number of carbonyl (C=O) groups is 3. The van der Waals surface area contributed by atoms with Crippen LogP contribution in [0.25, 0.3) is 33.8 Å². The maximum Gasteiger partial charge on any atom is 0.411 e. The number of nitrogen functional groups attached to an aromatic ring is 1. The Kier molecular flexibility index (Phi) is 9.83. The predicted molar refractivity (Wildman–Crippen MR) is 192 cm³/mol. The van der Waals surface area contributed by atoms with Gasteiger partial charge in [0.05, 0.1) is 18.5 Å². The standard InChI is InChI=1S/C19H21N5O3.C17H19N5O/c1-11-8-13(20-19(26)27-5)6-7-14(11)15-10-17-21-16(18(25)23(3)4)9-12(2)24(17)22-15;1-10-7-12(18)5-6-13(10)14-9-16-19-15(17(23)21(3)4)8-11(2)22(16)20-14/h6-10H,1-5H3,(H,20,26);5-9H,18H2,1-4H3. The third kappa shape index (κ3) is 7.23. The summed E-state index contributed by atoms with van der Waals surface area (Å²) in [5.41, 5.74) is 16.4. The van der Waals surface area contributed by atoms with Crippen molar-refractivity contribution in [2.24, 2.45) is 0 Å². The van der Waals surface area contributed by atoms with Crippen LogP contribution >= 0.6 is 0 Å². The number of hydrogen-bond donors (Lipinski definition) is 2. The van der Waals surface area contributed by atoms with E-state index in [9.17, 15) is 14.4 Å². The quantitative estimate of drug-likeness (QED) is 0.234. The molecular formula is C36H40N10O4. The SMILES string of the molecule is COC(=O)Nc1ccc(-c2cc3nc(C(=O)N(C)C)cc(C)n3n2)c(C)c1.Cc1cc(N)ccc1-c1cc2nc(C(=O)N(C)C)cc(C)n2n1. The highest BCUT2D eigenvalue weighted by Gasteiger charge is 2.17. The molecule has 14 heteroatoms. The number of nitrogens with zero attached hydrogens (tertiary/aromatic N) is 8. The summed E-state index contributed by atoms with van der Waals surface area (Å²) < 4.78 is 8.06. The highest BCUT2D eigenvalue weighted by atomic mass is 16.5. The lowest BCUT2D eigenvalue weighted by Crippen LogP contribution is -2.23. The number of aromatic nitrogens is 6. The Labute approximate surface area is 289 Å². The van der Waals surface area contributed by atoms with E-state index in [2.05, 4.69) is 30.2 Å². The molecule has 2 aromatic carbocycles. The molecule has 3 amide bonds. The van der Waals surface area contributed by atoms with Crippen LogP contribution in [-0.2, 0) is 4.74 Å². The fourth-order valence-electron chi connectivity index (χ4n) is 5.36. The Morgan fingerprint density at radius 1 is 0.680 bits per heavy atom. The third-order valence-electron chi connectivity index (χ3n) is 7.92. The average Bonchev–Trinajstić information content (AvgIpc) is 3.69. The first kappa shape index (κ1) is 35.0. The zero-order valence-electron chi connectivity index (χ0n) is 29.6. The van der Waals surface area contributed by atoms with Gasteiger partial charge in [-0.05, 0) is 75.2 Å². The fraction of sp³-hybridized carbons (Fsp3) is 0.250. The van der Waals surface area contributed by atoms with Crippen LogP contribution < -0.4 is 11.1 Å². The molecule has 0 unspecified atom stereocenters. The summed E-state index contributed by atoms with van der Waals surface area (Å²) in [7, 11) is 8.13. The smallest absolute Gasteiger partial charge is 0.411 e. The maximum atomic E-state index is 12.2. The van der Waals surface area contributed by atoms with Gasteiger partial charge in [-0.2, -0.15) is 10.2 Å². The minimum atomic E-state index is -0.521. The number of hydrogen-bond acceptors (Lipinski definition) is 9. The van der Waals surface area contributed by atoms with E-state index in [0.717, 1.165) is 50.7 Å². The molecule has 0 spiro atoms. The van der Waals surface area contributed by atoms with E-state index in [1.807, 2.05) is 70.2 Å². The molecule has 0 aliphatic heterocycles. The van der Waals surface area contributed by atoms with Crippen LogP contribution in [-0.4, -0.2) is 92.2 Å². The first-order valence-electron chi connectivity index (χ1n) is 15.7. The first-order chi connectivity index (χ1) is 23.7. The van der Waals surface area contributed by atoms with Crippen LogP contribution in [0.5, 0.6) is 0 Å². The van der Waals surface area contributed by atoms with Crippen molar-refractivity contribution in [3.05, 3.63) is 94.6 Å². The average molecular weight is 677 g/mol. The number of fused-ring (bicyclic) bond motifs is 2. The number of aryl methyl sites for hydroxylation is 4. The zero-order valence-corrected chi connectivity index (χ0v) is 29.6. The van der Waals surface area contributed by atoms with Crippen molar-refractivity contribution in [1.82, 2.24) is 39.0 Å². The van der Waals surface area contributed by atoms with Gasteiger partial charge >= 0.3 is 6.09 Å². The lowest BCUT2D eigenvalue weighted by atomic mass is 10.1. The summed E-state index contributed by atoms with van der Waals surface area (Å²) in [5.74, 6) is -0.278. The molecule has 6 aromatic rings. The monoisotopic (exact) mass is 676 g/mol. The summed E-state index contributed by atoms with van der Waals surface area (Å²) in [6.07, 6.45) is -0.521. The lowest BCUT2D eigenvalue weighted by Gasteiger charge is -2.10. The van der Waals surface area contributed by atoms with Crippen LogP contribution in [0.15, 0.2) is 60.7 Å². The minimum absolute atomic E-state index is 0.123. The van der Waals surface area contributed by atoms with Crippen molar-refractivity contribution in [3.8, 4) is 22.5 Å². The van der Waals surface area contributed by atoms with E-state index in [1.165, 1.54) is 16.9 Å². The van der Waals surface area contributed by atoms with Gasteiger partial charge in [0, 0.05) is 74.2 Å². The molecule has 0 bridgehead atoms. The van der Waals surface area contributed by atoms with E-state index in [0.29, 0.717) is 28.4 Å². The molecule has 0 aliphatic rings. The second kappa shape index (κ2) is 14.0. The molecule has 6 rings (SSSR count). The summed E-state index contributed by atoms with van der Waals surface area (Å²) >= 11 is 0. The van der Waals surface area contributed by atoms with Crippen molar-refractivity contribution in [3.63, 3.8) is 0 Å². The second-order valence-electron chi connectivity index (χ2n) is 12.3. The predicted octanol–water partition coefficient (Wildman–Crippen LogP) is 5.19. The molecule has 0 aliphatic carbocycles. The zero-order chi connectivity index (χ0) is 36.4. The van der Waals surface area contributed by atoms with Gasteiger partial charge in [-0.1, -0.05) is 12.1 Å². The molecule has 258 valence electrons. The molecule has 0 saturated heterocycles. The maximum absolute atomic E-state index is 12.2. The highest BCUT2D eigenvalue weighted by molar-refractivity contribution is 5.93. The van der Waals surface area contributed by atoms with Crippen molar-refractivity contribution in [1.29, 1.82) is 0 Å². The van der Waals surface area contributed by atoms with Gasteiger partial charge in [-0.25, -0.2) is 23.8 Å². The summed E-state index contributed by atoms with van der Waals surface area (Å²) in [5, 5.41) is 11.9. The number of benzene rings is 2. The molecule has 14 nitrogen and oxygen atoms in total. The second-order valence-corrected chi connectivity index (χ2v) is 12.3. The van der Waals surface area contributed by atoms with E-state index >= 15 is 0 Å². The lowest BCUT2D eigenvalue weighted by molar-refractivity contribution is 0.0815. The van der Waals surface area contributed by atoms with E-state index in [4.69, 9.17) is 5.73 Å². The van der Waals surface area contributed by atoms with Gasteiger partial charge in [0.2, 0.25) is 0 Å².